The van der Waals surface area contributed by atoms with E-state index in [0.29, 0.717) is 25.7 Å². The third kappa shape index (κ3) is 6.73. The fourth-order valence-corrected chi connectivity index (χ4v) is 3.61. The molecule has 138 valence electrons. The minimum Gasteiger partial charge on any atom is -0.309 e. The summed E-state index contributed by atoms with van der Waals surface area (Å²) in [4.78, 5) is 22.3. The Kier molecular flexibility index (Phi) is 8.62. The van der Waals surface area contributed by atoms with Gasteiger partial charge in [-0.3, -0.25) is 9.52 Å². The molecule has 2 N–H and O–H groups in total. The van der Waals surface area contributed by atoms with E-state index in [9.17, 15) is 18.0 Å². The highest BCUT2D eigenvalue weighted by atomic mass is 32.2. The maximum absolute atomic E-state index is 12.1. The molecule has 7 heteroatoms. The number of rotatable bonds is 13. The average Bonchev–Trinajstić information content (AvgIpc) is 3.28. The molecule has 0 spiro atoms. The maximum atomic E-state index is 12.1. The molecule has 1 aliphatic carbocycles. The van der Waals surface area contributed by atoms with Crippen LogP contribution in [0.3, 0.4) is 0 Å². The lowest BCUT2D eigenvalue weighted by atomic mass is 10.1. The molecular formula is C17H30N2O4S. The average molecular weight is 359 g/mol. The zero-order chi connectivity index (χ0) is 18.1. The lowest BCUT2D eigenvalue weighted by Gasteiger charge is -2.17. The summed E-state index contributed by atoms with van der Waals surface area (Å²) in [5.41, 5.74) is 0. The SMILES string of the molecule is CNC(C/C=C\CCCCCCC=O)C(=O)NS(=O)(=O)C1(C)CC1. The van der Waals surface area contributed by atoms with Gasteiger partial charge in [0.1, 0.15) is 6.29 Å². The van der Waals surface area contributed by atoms with Crippen molar-refractivity contribution in [1.82, 2.24) is 10.0 Å². The van der Waals surface area contributed by atoms with Crippen molar-refractivity contribution in [1.29, 1.82) is 0 Å². The first-order valence-electron chi connectivity index (χ1n) is 8.68. The summed E-state index contributed by atoms with van der Waals surface area (Å²) in [7, 11) is -1.93. The summed E-state index contributed by atoms with van der Waals surface area (Å²) >= 11 is 0. The quantitative estimate of drug-likeness (QED) is 0.299. The summed E-state index contributed by atoms with van der Waals surface area (Å²) in [5, 5.41) is 2.86. The van der Waals surface area contributed by atoms with Crippen LogP contribution in [-0.2, 0) is 19.6 Å². The molecule has 0 radical (unpaired) electrons. The highest BCUT2D eigenvalue weighted by molar-refractivity contribution is 7.91. The second-order valence-corrected chi connectivity index (χ2v) is 8.82. The van der Waals surface area contributed by atoms with E-state index in [-0.39, 0.29) is 0 Å². The topological polar surface area (TPSA) is 92.3 Å². The first-order valence-corrected chi connectivity index (χ1v) is 10.2. The van der Waals surface area contributed by atoms with Crippen molar-refractivity contribution >= 4 is 22.2 Å². The molecule has 0 aliphatic heterocycles. The van der Waals surface area contributed by atoms with Gasteiger partial charge in [0.05, 0.1) is 10.8 Å². The van der Waals surface area contributed by atoms with E-state index < -0.39 is 26.7 Å². The molecule has 0 aromatic rings. The summed E-state index contributed by atoms with van der Waals surface area (Å²) in [6.07, 6.45) is 12.3. The van der Waals surface area contributed by atoms with Crippen molar-refractivity contribution < 1.29 is 18.0 Å². The van der Waals surface area contributed by atoms with E-state index in [1.807, 2.05) is 12.2 Å². The van der Waals surface area contributed by atoms with Crippen molar-refractivity contribution in [3.8, 4) is 0 Å². The predicted octanol–water partition coefficient (Wildman–Crippen LogP) is 2.06. The molecule has 1 atom stereocenters. The van der Waals surface area contributed by atoms with Crippen molar-refractivity contribution in [3.05, 3.63) is 12.2 Å². The number of unbranched alkanes of at least 4 members (excludes halogenated alkanes) is 5. The number of sulfonamides is 1. The van der Waals surface area contributed by atoms with E-state index >= 15 is 0 Å². The number of carbonyl (C=O) groups is 2. The minimum absolute atomic E-state index is 0.458. The number of carbonyl (C=O) groups excluding carboxylic acids is 2. The Balaban J connectivity index is 2.27. The van der Waals surface area contributed by atoms with Crippen LogP contribution in [0.4, 0.5) is 0 Å². The summed E-state index contributed by atoms with van der Waals surface area (Å²) in [6.45, 7) is 1.66. The largest absolute Gasteiger partial charge is 0.309 e. The van der Waals surface area contributed by atoms with Gasteiger partial charge in [0, 0.05) is 6.42 Å². The number of hydrogen-bond donors (Lipinski definition) is 2. The minimum atomic E-state index is -3.58. The van der Waals surface area contributed by atoms with E-state index in [0.717, 1.165) is 38.4 Å². The molecule has 0 aromatic heterocycles. The van der Waals surface area contributed by atoms with Gasteiger partial charge in [0.2, 0.25) is 10.0 Å². The second-order valence-electron chi connectivity index (χ2n) is 6.63. The monoisotopic (exact) mass is 358 g/mol. The highest BCUT2D eigenvalue weighted by Crippen LogP contribution is 2.42. The van der Waals surface area contributed by atoms with Crippen molar-refractivity contribution in [2.45, 2.75) is 75.5 Å². The summed E-state index contributed by atoms with van der Waals surface area (Å²) in [5.74, 6) is -0.496. The molecule has 1 unspecified atom stereocenters. The van der Waals surface area contributed by atoms with Gasteiger partial charge in [-0.1, -0.05) is 25.0 Å². The standard InChI is InChI=1S/C17H30N2O4S/c1-17(12-13-17)24(22,23)19-16(21)15(18-2)11-9-7-5-3-4-6-8-10-14-20/h7,9,14-15,18H,3-6,8,10-13H2,1-2H3,(H,19,21)/b9-7-. The maximum Gasteiger partial charge on any atom is 0.250 e. The fraction of sp³-hybridized carbons (Fsp3) is 0.765. The van der Waals surface area contributed by atoms with Gasteiger partial charge in [-0.15, -0.1) is 0 Å². The third-order valence-corrected chi connectivity index (χ3v) is 6.66. The predicted molar refractivity (Wildman–Crippen MR) is 95.1 cm³/mol. The molecule has 0 saturated heterocycles. The van der Waals surface area contributed by atoms with Crippen LogP contribution in [0.2, 0.25) is 0 Å². The van der Waals surface area contributed by atoms with Gasteiger partial charge >= 0.3 is 0 Å². The zero-order valence-electron chi connectivity index (χ0n) is 14.7. The number of nitrogens with one attached hydrogen (secondary N) is 2. The van der Waals surface area contributed by atoms with Crippen molar-refractivity contribution in [2.24, 2.45) is 0 Å². The van der Waals surface area contributed by atoms with E-state index in [1.165, 1.54) is 0 Å². The number of allylic oxidation sites excluding steroid dienone is 1. The molecule has 0 bridgehead atoms. The molecule has 1 saturated carbocycles. The van der Waals surface area contributed by atoms with Gasteiger partial charge in [-0.05, 0) is 52.5 Å². The van der Waals surface area contributed by atoms with Gasteiger partial charge in [-0.2, -0.15) is 0 Å². The van der Waals surface area contributed by atoms with E-state index in [4.69, 9.17) is 0 Å². The zero-order valence-corrected chi connectivity index (χ0v) is 15.5. The third-order valence-electron chi connectivity index (χ3n) is 4.48. The molecule has 6 nitrogen and oxygen atoms in total. The number of amides is 1. The normalized spacial score (nSPS) is 17.6. The Morgan fingerprint density at radius 2 is 1.75 bits per heavy atom. The molecule has 1 amide bonds. The Hall–Kier alpha value is -1.21. The van der Waals surface area contributed by atoms with Gasteiger partial charge in [0.15, 0.2) is 0 Å². The molecule has 24 heavy (non-hydrogen) atoms. The summed E-state index contributed by atoms with van der Waals surface area (Å²) in [6, 6.07) is -0.550. The molecule has 1 fully saturated rings. The highest BCUT2D eigenvalue weighted by Gasteiger charge is 2.51. The van der Waals surface area contributed by atoms with E-state index in [1.54, 1.807) is 14.0 Å². The van der Waals surface area contributed by atoms with Crippen LogP contribution in [0.5, 0.6) is 0 Å². The number of likely N-dealkylation sites (N-methyl/N-ethyl adjacent to an activating group) is 1. The van der Waals surface area contributed by atoms with Crippen LogP contribution in [0.25, 0.3) is 0 Å². The van der Waals surface area contributed by atoms with Crippen molar-refractivity contribution in [2.75, 3.05) is 7.05 Å². The first-order chi connectivity index (χ1) is 11.4. The van der Waals surface area contributed by atoms with Gasteiger partial charge in [0.25, 0.3) is 5.91 Å². The molecule has 0 aromatic carbocycles. The summed E-state index contributed by atoms with van der Waals surface area (Å²) < 4.78 is 25.6. The first kappa shape index (κ1) is 20.8. The Morgan fingerprint density at radius 3 is 2.29 bits per heavy atom. The van der Waals surface area contributed by atoms with Crippen LogP contribution in [0.15, 0.2) is 12.2 Å². The smallest absolute Gasteiger partial charge is 0.250 e. The molecule has 1 aliphatic rings. The fourth-order valence-electron chi connectivity index (χ4n) is 2.32. The number of aldehydes is 1. The Bertz CT molecular complexity index is 539. The van der Waals surface area contributed by atoms with Gasteiger partial charge in [-0.25, -0.2) is 8.42 Å². The lowest BCUT2D eigenvalue weighted by molar-refractivity contribution is -0.121. The Labute approximate surface area is 145 Å². The van der Waals surface area contributed by atoms with Crippen LogP contribution < -0.4 is 10.0 Å². The van der Waals surface area contributed by atoms with Crippen LogP contribution >= 0.6 is 0 Å². The lowest BCUT2D eigenvalue weighted by Crippen LogP contribution is -2.47. The second kappa shape index (κ2) is 9.93. The van der Waals surface area contributed by atoms with Gasteiger partial charge < -0.3 is 10.1 Å². The van der Waals surface area contributed by atoms with Crippen LogP contribution in [-0.4, -0.2) is 38.4 Å². The number of hydrogen-bond acceptors (Lipinski definition) is 5. The Morgan fingerprint density at radius 1 is 1.12 bits per heavy atom. The van der Waals surface area contributed by atoms with Crippen LogP contribution in [0, 0.1) is 0 Å². The van der Waals surface area contributed by atoms with E-state index in [2.05, 4.69) is 10.0 Å². The van der Waals surface area contributed by atoms with Crippen LogP contribution in [0.1, 0.15) is 64.7 Å². The molecule has 0 heterocycles. The molecular weight excluding hydrogens is 328 g/mol. The molecule has 1 rings (SSSR count). The van der Waals surface area contributed by atoms with Crippen molar-refractivity contribution in [3.63, 3.8) is 0 Å².